The maximum Gasteiger partial charge on any atom is 0.126 e. The molecule has 0 N–H and O–H groups in total. The zero-order chi connectivity index (χ0) is 14.5. The third kappa shape index (κ3) is 3.11. The SMILES string of the molecule is COc1ccc(OC)c(-c2ccccc2CN(C)C)c1. The molecule has 0 aromatic heterocycles. The third-order valence-electron chi connectivity index (χ3n) is 3.20. The fraction of sp³-hybridized carbons (Fsp3) is 0.294. The van der Waals surface area contributed by atoms with Gasteiger partial charge in [0.25, 0.3) is 0 Å². The molecule has 3 heteroatoms. The van der Waals surface area contributed by atoms with Crippen LogP contribution in [0.4, 0.5) is 0 Å². The molecule has 0 atom stereocenters. The van der Waals surface area contributed by atoms with Crippen molar-refractivity contribution in [3.8, 4) is 22.6 Å². The lowest BCUT2D eigenvalue weighted by Gasteiger charge is -2.17. The summed E-state index contributed by atoms with van der Waals surface area (Å²) in [6.07, 6.45) is 0. The Balaban J connectivity index is 2.55. The summed E-state index contributed by atoms with van der Waals surface area (Å²) in [6.45, 7) is 0.885. The van der Waals surface area contributed by atoms with Crippen molar-refractivity contribution in [1.82, 2.24) is 4.90 Å². The molecular formula is C17H21NO2. The van der Waals surface area contributed by atoms with E-state index in [0.717, 1.165) is 23.6 Å². The fourth-order valence-corrected chi connectivity index (χ4v) is 2.29. The Bertz CT molecular complexity index is 579. The second-order valence-corrected chi connectivity index (χ2v) is 4.96. The van der Waals surface area contributed by atoms with Crippen LogP contribution in [0.1, 0.15) is 5.56 Å². The number of methoxy groups -OCH3 is 2. The predicted molar refractivity (Wildman–Crippen MR) is 82.4 cm³/mol. The summed E-state index contributed by atoms with van der Waals surface area (Å²) in [4.78, 5) is 2.16. The number of ether oxygens (including phenoxy) is 2. The van der Waals surface area contributed by atoms with Gasteiger partial charge < -0.3 is 14.4 Å². The Hall–Kier alpha value is -2.00. The fourth-order valence-electron chi connectivity index (χ4n) is 2.29. The van der Waals surface area contributed by atoms with Gasteiger partial charge in [-0.15, -0.1) is 0 Å². The van der Waals surface area contributed by atoms with E-state index in [1.165, 1.54) is 11.1 Å². The van der Waals surface area contributed by atoms with Gasteiger partial charge in [-0.1, -0.05) is 24.3 Å². The molecule has 0 unspecified atom stereocenters. The Morgan fingerprint density at radius 3 is 2.30 bits per heavy atom. The molecule has 0 bridgehead atoms. The first-order valence-electron chi connectivity index (χ1n) is 6.60. The first-order chi connectivity index (χ1) is 9.65. The minimum absolute atomic E-state index is 0.834. The molecule has 3 nitrogen and oxygen atoms in total. The summed E-state index contributed by atoms with van der Waals surface area (Å²) in [6, 6.07) is 14.3. The molecule has 2 rings (SSSR count). The van der Waals surface area contributed by atoms with Gasteiger partial charge in [0.1, 0.15) is 11.5 Å². The van der Waals surface area contributed by atoms with Crippen LogP contribution in [0.25, 0.3) is 11.1 Å². The molecule has 0 radical (unpaired) electrons. The number of nitrogens with zero attached hydrogens (tertiary/aromatic N) is 1. The molecule has 0 saturated heterocycles. The molecule has 106 valence electrons. The van der Waals surface area contributed by atoms with Gasteiger partial charge in [-0.05, 0) is 43.4 Å². The summed E-state index contributed by atoms with van der Waals surface area (Å²) in [5.74, 6) is 1.69. The largest absolute Gasteiger partial charge is 0.497 e. The quantitative estimate of drug-likeness (QED) is 0.831. The van der Waals surface area contributed by atoms with Gasteiger partial charge in [0.15, 0.2) is 0 Å². The second-order valence-electron chi connectivity index (χ2n) is 4.96. The molecule has 0 spiro atoms. The highest BCUT2D eigenvalue weighted by atomic mass is 16.5. The molecule has 0 saturated carbocycles. The first kappa shape index (κ1) is 14.4. The van der Waals surface area contributed by atoms with E-state index in [1.807, 2.05) is 24.3 Å². The van der Waals surface area contributed by atoms with Crippen molar-refractivity contribution >= 4 is 0 Å². The van der Waals surface area contributed by atoms with E-state index in [2.05, 4.69) is 37.2 Å². The molecule has 0 fully saturated rings. The van der Waals surface area contributed by atoms with Crippen molar-refractivity contribution in [3.05, 3.63) is 48.0 Å². The van der Waals surface area contributed by atoms with E-state index in [0.29, 0.717) is 0 Å². The van der Waals surface area contributed by atoms with Crippen LogP contribution in [0.5, 0.6) is 11.5 Å². The van der Waals surface area contributed by atoms with Crippen molar-refractivity contribution in [3.63, 3.8) is 0 Å². The molecule has 0 aliphatic heterocycles. The van der Waals surface area contributed by atoms with Crippen molar-refractivity contribution in [1.29, 1.82) is 0 Å². The van der Waals surface area contributed by atoms with Crippen LogP contribution in [0, 0.1) is 0 Å². The van der Waals surface area contributed by atoms with Gasteiger partial charge in [-0.3, -0.25) is 0 Å². The summed E-state index contributed by atoms with van der Waals surface area (Å²) >= 11 is 0. The molecular weight excluding hydrogens is 250 g/mol. The second kappa shape index (κ2) is 6.44. The van der Waals surface area contributed by atoms with Crippen LogP contribution in [0.15, 0.2) is 42.5 Å². The summed E-state index contributed by atoms with van der Waals surface area (Å²) in [5.41, 5.74) is 3.50. The lowest BCUT2D eigenvalue weighted by Crippen LogP contribution is -2.11. The maximum atomic E-state index is 5.49. The van der Waals surface area contributed by atoms with Gasteiger partial charge >= 0.3 is 0 Å². The minimum atomic E-state index is 0.834. The highest BCUT2D eigenvalue weighted by Gasteiger charge is 2.11. The van der Waals surface area contributed by atoms with E-state index < -0.39 is 0 Å². The topological polar surface area (TPSA) is 21.7 Å². The molecule has 2 aromatic rings. The highest BCUT2D eigenvalue weighted by molar-refractivity contribution is 5.74. The zero-order valence-corrected chi connectivity index (χ0v) is 12.5. The normalized spacial score (nSPS) is 10.7. The van der Waals surface area contributed by atoms with Crippen molar-refractivity contribution < 1.29 is 9.47 Å². The van der Waals surface area contributed by atoms with E-state index in [4.69, 9.17) is 9.47 Å². The van der Waals surface area contributed by atoms with Gasteiger partial charge in [-0.2, -0.15) is 0 Å². The van der Waals surface area contributed by atoms with Gasteiger partial charge in [-0.25, -0.2) is 0 Å². The van der Waals surface area contributed by atoms with Crippen LogP contribution in [0.2, 0.25) is 0 Å². The number of benzene rings is 2. The lowest BCUT2D eigenvalue weighted by atomic mass is 9.98. The van der Waals surface area contributed by atoms with Gasteiger partial charge in [0, 0.05) is 12.1 Å². The van der Waals surface area contributed by atoms with E-state index >= 15 is 0 Å². The monoisotopic (exact) mass is 271 g/mol. The van der Waals surface area contributed by atoms with Crippen LogP contribution >= 0.6 is 0 Å². The van der Waals surface area contributed by atoms with Crippen molar-refractivity contribution in [2.45, 2.75) is 6.54 Å². The molecule has 0 aliphatic rings. The Morgan fingerprint density at radius 1 is 0.900 bits per heavy atom. The molecule has 0 heterocycles. The predicted octanol–water partition coefficient (Wildman–Crippen LogP) is 3.43. The lowest BCUT2D eigenvalue weighted by molar-refractivity contribution is 0.400. The molecule has 0 aliphatic carbocycles. The number of hydrogen-bond acceptors (Lipinski definition) is 3. The van der Waals surface area contributed by atoms with E-state index in [1.54, 1.807) is 14.2 Å². The molecule has 20 heavy (non-hydrogen) atoms. The Labute approximate surface area is 120 Å². The number of hydrogen-bond donors (Lipinski definition) is 0. The van der Waals surface area contributed by atoms with E-state index in [-0.39, 0.29) is 0 Å². The molecule has 0 amide bonds. The third-order valence-corrected chi connectivity index (χ3v) is 3.20. The minimum Gasteiger partial charge on any atom is -0.497 e. The average Bonchev–Trinajstić information content (AvgIpc) is 2.46. The summed E-state index contributed by atoms with van der Waals surface area (Å²) < 4.78 is 10.8. The smallest absolute Gasteiger partial charge is 0.126 e. The summed E-state index contributed by atoms with van der Waals surface area (Å²) in [7, 11) is 7.51. The van der Waals surface area contributed by atoms with E-state index in [9.17, 15) is 0 Å². The first-order valence-corrected chi connectivity index (χ1v) is 6.60. The van der Waals surface area contributed by atoms with Gasteiger partial charge in [0.2, 0.25) is 0 Å². The standard InChI is InChI=1S/C17H21NO2/c1-18(2)12-13-7-5-6-8-15(13)16-11-14(19-3)9-10-17(16)20-4/h5-11H,12H2,1-4H3. The van der Waals surface area contributed by atoms with Crippen LogP contribution in [-0.2, 0) is 6.54 Å². The Morgan fingerprint density at radius 2 is 1.65 bits per heavy atom. The highest BCUT2D eigenvalue weighted by Crippen LogP contribution is 2.35. The maximum absolute atomic E-state index is 5.49. The molecule has 2 aromatic carbocycles. The van der Waals surface area contributed by atoms with Gasteiger partial charge in [0.05, 0.1) is 14.2 Å². The van der Waals surface area contributed by atoms with Crippen molar-refractivity contribution in [2.24, 2.45) is 0 Å². The summed E-state index contributed by atoms with van der Waals surface area (Å²) in [5, 5.41) is 0. The average molecular weight is 271 g/mol. The zero-order valence-electron chi connectivity index (χ0n) is 12.5. The number of rotatable bonds is 5. The Kier molecular flexibility index (Phi) is 4.64. The van der Waals surface area contributed by atoms with Crippen molar-refractivity contribution in [2.75, 3.05) is 28.3 Å². The van der Waals surface area contributed by atoms with Crippen LogP contribution in [-0.4, -0.2) is 33.2 Å². The van der Waals surface area contributed by atoms with Crippen LogP contribution < -0.4 is 9.47 Å². The van der Waals surface area contributed by atoms with Crippen LogP contribution in [0.3, 0.4) is 0 Å².